The van der Waals surface area contributed by atoms with Crippen LogP contribution in [-0.2, 0) is 20.7 Å². The lowest BCUT2D eigenvalue weighted by molar-refractivity contribution is -0.150. The number of rotatable bonds is 10. The van der Waals surface area contributed by atoms with E-state index in [4.69, 9.17) is 9.72 Å². The number of hydrogen-bond acceptors (Lipinski definition) is 6. The molecule has 3 aromatic rings. The molecule has 0 bridgehead atoms. The maximum absolute atomic E-state index is 13.3. The van der Waals surface area contributed by atoms with Gasteiger partial charge in [0, 0.05) is 35.2 Å². The van der Waals surface area contributed by atoms with Gasteiger partial charge >= 0.3 is 5.97 Å². The van der Waals surface area contributed by atoms with Gasteiger partial charge in [0.25, 0.3) is 5.91 Å². The number of hydrogen-bond donors (Lipinski definition) is 2. The smallest absolute Gasteiger partial charge is 0.306 e. The summed E-state index contributed by atoms with van der Waals surface area (Å²) in [4.78, 5) is 44.3. The number of esters is 1. The number of nitrogens with one attached hydrogen (secondary N) is 2. The molecule has 4 rings (SSSR count). The molecule has 36 heavy (non-hydrogen) atoms. The molecule has 1 atom stereocenters. The predicted molar refractivity (Wildman–Crippen MR) is 143 cm³/mol. The van der Waals surface area contributed by atoms with Gasteiger partial charge in [0.2, 0.25) is 5.91 Å². The van der Waals surface area contributed by atoms with Crippen molar-refractivity contribution in [3.8, 4) is 0 Å². The highest BCUT2D eigenvalue weighted by Gasteiger charge is 2.28. The molecule has 0 radical (unpaired) electrons. The van der Waals surface area contributed by atoms with Crippen molar-refractivity contribution in [1.82, 2.24) is 4.98 Å². The average Bonchev–Trinajstić information content (AvgIpc) is 3.23. The molecule has 0 saturated heterocycles. The number of aromatic nitrogens is 1. The van der Waals surface area contributed by atoms with E-state index in [-0.39, 0.29) is 23.9 Å². The second kappa shape index (κ2) is 12.1. The zero-order valence-electron chi connectivity index (χ0n) is 20.9. The third-order valence-electron chi connectivity index (χ3n) is 6.29. The molecule has 0 spiro atoms. The lowest BCUT2D eigenvalue weighted by atomic mass is 9.92. The fourth-order valence-electron chi connectivity index (χ4n) is 4.36. The minimum atomic E-state index is -0.361. The highest BCUT2D eigenvalue weighted by Crippen LogP contribution is 2.41. The largest absolute Gasteiger partial charge is 0.457 e. The molecule has 0 fully saturated rings. The van der Waals surface area contributed by atoms with Gasteiger partial charge in [-0.05, 0) is 50.3 Å². The molecular formula is C28H33N3O4S. The van der Waals surface area contributed by atoms with Gasteiger partial charge in [-0.2, -0.15) is 0 Å². The first kappa shape index (κ1) is 25.8. The second-order valence-electron chi connectivity index (χ2n) is 9.13. The van der Waals surface area contributed by atoms with E-state index in [0.29, 0.717) is 39.3 Å². The summed E-state index contributed by atoms with van der Waals surface area (Å²) < 4.78 is 5.83. The van der Waals surface area contributed by atoms with Gasteiger partial charge in [-0.1, -0.05) is 44.9 Å². The Morgan fingerprint density at radius 2 is 1.81 bits per heavy atom. The van der Waals surface area contributed by atoms with Crippen molar-refractivity contribution < 1.29 is 19.1 Å². The summed E-state index contributed by atoms with van der Waals surface area (Å²) in [6.07, 6.45) is 6.23. The predicted octanol–water partition coefficient (Wildman–Crippen LogP) is 6.79. The fourth-order valence-corrected chi connectivity index (χ4v) is 5.38. The number of thiophene rings is 1. The van der Waals surface area contributed by atoms with Crippen LogP contribution in [0.4, 0.5) is 11.4 Å². The van der Waals surface area contributed by atoms with Crippen LogP contribution in [0.5, 0.6) is 0 Å². The van der Waals surface area contributed by atoms with E-state index in [1.807, 2.05) is 50.2 Å². The molecule has 1 aliphatic carbocycles. The summed E-state index contributed by atoms with van der Waals surface area (Å²) in [6.45, 7) is 4.08. The fraction of sp³-hybridized carbons (Fsp3) is 0.429. The van der Waals surface area contributed by atoms with Crippen LogP contribution in [-0.4, -0.2) is 22.8 Å². The van der Waals surface area contributed by atoms with Gasteiger partial charge in [-0.3, -0.25) is 14.4 Å². The van der Waals surface area contributed by atoms with Crippen LogP contribution in [0.25, 0.3) is 10.2 Å². The van der Waals surface area contributed by atoms with Crippen molar-refractivity contribution in [2.24, 2.45) is 0 Å². The minimum Gasteiger partial charge on any atom is -0.457 e. The highest BCUT2D eigenvalue weighted by molar-refractivity contribution is 7.21. The Morgan fingerprint density at radius 3 is 2.56 bits per heavy atom. The Balaban J connectivity index is 1.71. The number of unbranched alkanes of at least 4 members (excludes halogenated alkanes) is 2. The van der Waals surface area contributed by atoms with Crippen molar-refractivity contribution in [1.29, 1.82) is 0 Å². The molecule has 2 aromatic heterocycles. The number of pyridine rings is 1. The van der Waals surface area contributed by atoms with Gasteiger partial charge in [-0.15, -0.1) is 11.3 Å². The third-order valence-corrected chi connectivity index (χ3v) is 7.39. The van der Waals surface area contributed by atoms with E-state index in [9.17, 15) is 14.4 Å². The third kappa shape index (κ3) is 6.10. The Bertz CT molecular complexity index is 1240. The summed E-state index contributed by atoms with van der Waals surface area (Å²) in [5.41, 5.74) is 2.91. The van der Waals surface area contributed by atoms with E-state index in [1.54, 1.807) is 0 Å². The Kier molecular flexibility index (Phi) is 8.70. The lowest BCUT2D eigenvalue weighted by Gasteiger charge is -2.25. The van der Waals surface area contributed by atoms with E-state index in [0.717, 1.165) is 56.2 Å². The van der Waals surface area contributed by atoms with E-state index < -0.39 is 0 Å². The molecule has 190 valence electrons. The highest BCUT2D eigenvalue weighted by atomic mass is 32.1. The lowest BCUT2D eigenvalue weighted by Crippen LogP contribution is -2.18. The Hall–Kier alpha value is -3.26. The maximum Gasteiger partial charge on any atom is 0.306 e. The maximum atomic E-state index is 13.3. The number of benzene rings is 1. The SMILES string of the molecule is CCCCC(=O)Nc1c(C(=O)Nc2ccccc2)sc2nc3c(cc12)C(OC(=O)CCCC)CCC3. The van der Waals surface area contributed by atoms with Crippen LogP contribution in [0.3, 0.4) is 0 Å². The van der Waals surface area contributed by atoms with Gasteiger partial charge < -0.3 is 15.4 Å². The minimum absolute atomic E-state index is 0.134. The standard InChI is InChI=1S/C28H33N3O4S/c1-3-5-15-23(32)31-25-20-17-19-21(13-10-14-22(19)35-24(33)16-6-4-2)30-28(20)36-26(25)27(34)29-18-11-8-7-9-12-18/h7-9,11-12,17,22H,3-6,10,13-16H2,1-2H3,(H,29,34)(H,31,32). The number of aryl methyl sites for hydroxylation is 1. The first-order valence-corrected chi connectivity index (χ1v) is 13.6. The first-order valence-electron chi connectivity index (χ1n) is 12.8. The first-order chi connectivity index (χ1) is 17.5. The Labute approximate surface area is 215 Å². The van der Waals surface area contributed by atoms with Crippen LogP contribution in [0.2, 0.25) is 0 Å². The molecule has 1 aliphatic rings. The van der Waals surface area contributed by atoms with Gasteiger partial charge in [0.1, 0.15) is 15.8 Å². The van der Waals surface area contributed by atoms with Gasteiger partial charge in [0.15, 0.2) is 0 Å². The van der Waals surface area contributed by atoms with E-state index >= 15 is 0 Å². The van der Waals surface area contributed by atoms with Crippen molar-refractivity contribution in [2.75, 3.05) is 10.6 Å². The van der Waals surface area contributed by atoms with E-state index in [1.165, 1.54) is 11.3 Å². The van der Waals surface area contributed by atoms with Crippen LogP contribution >= 0.6 is 11.3 Å². The molecule has 2 N–H and O–H groups in total. The molecular weight excluding hydrogens is 474 g/mol. The molecule has 2 amide bonds. The van der Waals surface area contributed by atoms with E-state index in [2.05, 4.69) is 10.6 Å². The second-order valence-corrected chi connectivity index (χ2v) is 10.1. The number of nitrogens with zero attached hydrogens (tertiary/aromatic N) is 1. The summed E-state index contributed by atoms with van der Waals surface area (Å²) >= 11 is 1.27. The number of carbonyl (C=O) groups excluding carboxylic acids is 3. The quantitative estimate of drug-likeness (QED) is 0.295. The molecule has 0 aliphatic heterocycles. The van der Waals surface area contributed by atoms with Gasteiger partial charge in [-0.25, -0.2) is 4.98 Å². The van der Waals surface area contributed by atoms with Crippen molar-refractivity contribution in [3.63, 3.8) is 0 Å². The number of fused-ring (bicyclic) bond motifs is 2. The molecule has 1 aromatic carbocycles. The number of amides is 2. The summed E-state index contributed by atoms with van der Waals surface area (Å²) in [5.74, 6) is -0.628. The van der Waals surface area contributed by atoms with Crippen molar-refractivity contribution >= 4 is 50.7 Å². The summed E-state index contributed by atoms with van der Waals surface area (Å²) in [7, 11) is 0. The van der Waals surface area contributed by atoms with Crippen LogP contribution in [0.1, 0.15) is 92.2 Å². The zero-order chi connectivity index (χ0) is 25.5. The topological polar surface area (TPSA) is 97.4 Å². The number of anilines is 2. The van der Waals surface area contributed by atoms with Crippen LogP contribution in [0.15, 0.2) is 36.4 Å². The van der Waals surface area contributed by atoms with Crippen molar-refractivity contribution in [3.05, 3.63) is 52.5 Å². The Morgan fingerprint density at radius 1 is 1.06 bits per heavy atom. The average molecular weight is 508 g/mol. The number of ether oxygens (including phenoxy) is 1. The molecule has 1 unspecified atom stereocenters. The number of carbonyl (C=O) groups is 3. The molecule has 8 heteroatoms. The summed E-state index contributed by atoms with van der Waals surface area (Å²) in [6, 6.07) is 11.2. The monoisotopic (exact) mass is 507 g/mol. The van der Waals surface area contributed by atoms with Crippen LogP contribution in [0, 0.1) is 0 Å². The van der Waals surface area contributed by atoms with Gasteiger partial charge in [0.05, 0.1) is 5.69 Å². The molecule has 0 saturated carbocycles. The van der Waals surface area contributed by atoms with Crippen LogP contribution < -0.4 is 10.6 Å². The number of para-hydroxylation sites is 1. The molecule has 2 heterocycles. The van der Waals surface area contributed by atoms with Crippen molar-refractivity contribution in [2.45, 2.75) is 77.7 Å². The summed E-state index contributed by atoms with van der Waals surface area (Å²) in [5, 5.41) is 6.62. The molecule has 7 nitrogen and oxygen atoms in total. The zero-order valence-corrected chi connectivity index (χ0v) is 21.7. The normalized spacial score (nSPS) is 14.8.